The maximum atomic E-state index is 13.8. The fourth-order valence-electron chi connectivity index (χ4n) is 4.19. The number of imide groups is 1. The van der Waals surface area contributed by atoms with Crippen molar-refractivity contribution >= 4 is 40.4 Å². The standard InChI is InChI=1S/C27H21ClN4O3/c1-16-6-10-20(11-7-16)31-25(33)23(24(27(31)35)30-14-4-5-17(2)15-30)22-18(3)29-32(26(22)34)21-12-8-19(28)9-13-21/h4-15H,1-3H3. The quantitative estimate of drug-likeness (QED) is 0.326. The van der Waals surface area contributed by atoms with Crippen LogP contribution in [0.15, 0.2) is 73.1 Å². The Hall–Kier alpha value is -4.23. The van der Waals surface area contributed by atoms with Gasteiger partial charge in [-0.15, -0.1) is 0 Å². The second-order valence-electron chi connectivity index (χ2n) is 8.45. The number of carbonyl (C=O) groups is 2. The minimum atomic E-state index is -0.571. The van der Waals surface area contributed by atoms with Gasteiger partial charge < -0.3 is 5.11 Å². The predicted molar refractivity (Wildman–Crippen MR) is 131 cm³/mol. The van der Waals surface area contributed by atoms with E-state index in [1.54, 1.807) is 66.3 Å². The van der Waals surface area contributed by atoms with Gasteiger partial charge in [-0.2, -0.15) is 9.67 Å². The summed E-state index contributed by atoms with van der Waals surface area (Å²) in [4.78, 5) is 28.6. The van der Waals surface area contributed by atoms with Crippen LogP contribution in [0.4, 0.5) is 5.69 Å². The number of hydrogen-bond donors (Lipinski definition) is 0. The van der Waals surface area contributed by atoms with Gasteiger partial charge in [-0.1, -0.05) is 29.3 Å². The van der Waals surface area contributed by atoms with Crippen molar-refractivity contribution in [1.82, 2.24) is 9.78 Å². The third-order valence-corrected chi connectivity index (χ3v) is 6.15. The number of hydrogen-bond acceptors (Lipinski definition) is 4. The molecule has 0 bridgehead atoms. The van der Waals surface area contributed by atoms with Gasteiger partial charge in [-0.05, 0) is 69.1 Å². The number of rotatable bonds is 4. The summed E-state index contributed by atoms with van der Waals surface area (Å²) in [5.74, 6) is -1.57. The number of benzene rings is 2. The molecule has 0 saturated carbocycles. The summed E-state index contributed by atoms with van der Waals surface area (Å²) >= 11 is 5.99. The van der Waals surface area contributed by atoms with Gasteiger partial charge in [0, 0.05) is 22.2 Å². The van der Waals surface area contributed by atoms with E-state index in [4.69, 9.17) is 11.6 Å². The van der Waals surface area contributed by atoms with Gasteiger partial charge in [0.05, 0.1) is 17.1 Å². The number of pyridine rings is 1. The maximum Gasteiger partial charge on any atom is 0.331 e. The Kier molecular flexibility index (Phi) is 5.49. The molecule has 0 atom stereocenters. The summed E-state index contributed by atoms with van der Waals surface area (Å²) in [5.41, 5.74) is 3.40. The summed E-state index contributed by atoms with van der Waals surface area (Å²) in [7, 11) is 0. The van der Waals surface area contributed by atoms with Crippen LogP contribution in [-0.4, -0.2) is 21.6 Å². The van der Waals surface area contributed by atoms with Crippen molar-refractivity contribution in [2.24, 2.45) is 0 Å². The average molecular weight is 485 g/mol. The second kappa shape index (κ2) is 8.52. The first-order valence-electron chi connectivity index (χ1n) is 11.0. The molecule has 0 radical (unpaired) electrons. The molecule has 0 fully saturated rings. The lowest BCUT2D eigenvalue weighted by Crippen LogP contribution is -2.39. The molecular formula is C27H21ClN4O3. The first kappa shape index (κ1) is 22.6. The Morgan fingerprint density at radius 2 is 1.51 bits per heavy atom. The zero-order chi connectivity index (χ0) is 24.9. The Bertz CT molecular complexity index is 1520. The van der Waals surface area contributed by atoms with Gasteiger partial charge in [0.2, 0.25) is 0 Å². The minimum absolute atomic E-state index is 0.0221. The summed E-state index contributed by atoms with van der Waals surface area (Å²) in [6.45, 7) is 5.47. The third kappa shape index (κ3) is 3.80. The molecule has 0 N–H and O–H groups in total. The maximum absolute atomic E-state index is 13.8. The van der Waals surface area contributed by atoms with E-state index in [9.17, 15) is 14.7 Å². The summed E-state index contributed by atoms with van der Waals surface area (Å²) in [5, 5.41) is 18.5. The van der Waals surface area contributed by atoms with Crippen molar-refractivity contribution in [2.45, 2.75) is 20.8 Å². The van der Waals surface area contributed by atoms with Crippen LogP contribution in [0.2, 0.25) is 5.02 Å². The second-order valence-corrected chi connectivity index (χ2v) is 8.88. The third-order valence-electron chi connectivity index (χ3n) is 5.90. The molecule has 5 rings (SSSR count). The van der Waals surface area contributed by atoms with E-state index in [0.717, 1.165) is 16.0 Å². The van der Waals surface area contributed by atoms with Crippen molar-refractivity contribution in [2.75, 3.05) is 4.90 Å². The summed E-state index contributed by atoms with van der Waals surface area (Å²) in [6.07, 6.45) is 3.44. The fraction of sp³-hybridized carbons (Fsp3) is 0.111. The van der Waals surface area contributed by atoms with Gasteiger partial charge in [-0.25, -0.2) is 9.58 Å². The highest BCUT2D eigenvalue weighted by Gasteiger charge is 2.47. The molecule has 0 saturated heterocycles. The average Bonchev–Trinajstić information content (AvgIpc) is 3.26. The first-order valence-corrected chi connectivity index (χ1v) is 11.3. The van der Waals surface area contributed by atoms with Gasteiger partial charge in [0.15, 0.2) is 12.4 Å². The van der Waals surface area contributed by atoms with Gasteiger partial charge in [0.1, 0.15) is 5.57 Å². The van der Waals surface area contributed by atoms with E-state index >= 15 is 0 Å². The molecule has 2 aromatic carbocycles. The van der Waals surface area contributed by atoms with E-state index in [2.05, 4.69) is 5.10 Å². The van der Waals surface area contributed by atoms with Gasteiger partial charge in [-0.3, -0.25) is 9.59 Å². The SMILES string of the molecule is Cc1ccc(N2C(=O)C(c3c(C)nn(-c4ccc(Cl)cc4)c3[O-])=C([n+]3cccc(C)c3)C2=O)cc1. The van der Waals surface area contributed by atoms with Gasteiger partial charge >= 0.3 is 5.91 Å². The van der Waals surface area contributed by atoms with Crippen LogP contribution in [0.5, 0.6) is 5.88 Å². The molecule has 0 aliphatic carbocycles. The van der Waals surface area contributed by atoms with Crippen LogP contribution in [0.3, 0.4) is 0 Å². The summed E-state index contributed by atoms with van der Waals surface area (Å²) < 4.78 is 2.82. The zero-order valence-corrected chi connectivity index (χ0v) is 20.1. The number of amides is 2. The normalized spacial score (nSPS) is 13.8. The molecule has 174 valence electrons. The first-order chi connectivity index (χ1) is 16.8. The predicted octanol–water partition coefficient (Wildman–Crippen LogP) is 3.75. The van der Waals surface area contributed by atoms with Crippen molar-refractivity contribution in [1.29, 1.82) is 0 Å². The molecule has 2 amide bonds. The molecular weight excluding hydrogens is 464 g/mol. The Balaban J connectivity index is 1.74. The van der Waals surface area contributed by atoms with Crippen LogP contribution in [0, 0.1) is 20.8 Å². The molecule has 0 unspecified atom stereocenters. The van der Waals surface area contributed by atoms with Crippen LogP contribution in [0.1, 0.15) is 22.4 Å². The fourth-order valence-corrected chi connectivity index (χ4v) is 4.32. The number of aromatic nitrogens is 3. The number of nitrogens with zero attached hydrogens (tertiary/aromatic N) is 4. The monoisotopic (exact) mass is 484 g/mol. The molecule has 1 aliphatic rings. The number of aryl methyl sites for hydroxylation is 3. The molecule has 4 aromatic rings. The van der Waals surface area contributed by atoms with Crippen molar-refractivity contribution in [3.05, 3.63) is 100 Å². The van der Waals surface area contributed by atoms with Crippen molar-refractivity contribution < 1.29 is 19.3 Å². The molecule has 3 heterocycles. The molecule has 0 spiro atoms. The molecule has 8 heteroatoms. The Morgan fingerprint density at radius 3 is 2.17 bits per heavy atom. The van der Waals surface area contributed by atoms with Gasteiger partial charge in [0.25, 0.3) is 11.6 Å². The smallest absolute Gasteiger partial charge is 0.331 e. The highest BCUT2D eigenvalue weighted by atomic mass is 35.5. The van der Waals surface area contributed by atoms with E-state index in [0.29, 0.717) is 22.1 Å². The van der Waals surface area contributed by atoms with Crippen LogP contribution in [-0.2, 0) is 9.59 Å². The molecule has 35 heavy (non-hydrogen) atoms. The van der Waals surface area contributed by atoms with E-state index < -0.39 is 17.7 Å². The summed E-state index contributed by atoms with van der Waals surface area (Å²) in [6, 6.07) is 17.4. The Labute approximate surface area is 207 Å². The Morgan fingerprint density at radius 1 is 0.857 bits per heavy atom. The van der Waals surface area contributed by atoms with E-state index in [1.165, 1.54) is 4.68 Å². The largest absolute Gasteiger partial charge is 0.858 e. The van der Waals surface area contributed by atoms with E-state index in [-0.39, 0.29) is 16.8 Å². The van der Waals surface area contributed by atoms with Crippen molar-refractivity contribution in [3.63, 3.8) is 0 Å². The molecule has 1 aliphatic heterocycles. The molecule has 7 nitrogen and oxygen atoms in total. The highest BCUT2D eigenvalue weighted by Crippen LogP contribution is 2.38. The lowest BCUT2D eigenvalue weighted by molar-refractivity contribution is -0.577. The lowest BCUT2D eigenvalue weighted by atomic mass is 10.0. The van der Waals surface area contributed by atoms with Crippen LogP contribution >= 0.6 is 11.6 Å². The lowest BCUT2D eigenvalue weighted by Gasteiger charge is -2.15. The minimum Gasteiger partial charge on any atom is -0.858 e. The van der Waals surface area contributed by atoms with E-state index in [1.807, 2.05) is 32.0 Å². The number of anilines is 1. The number of carbonyl (C=O) groups excluding carboxylic acids is 2. The highest BCUT2D eigenvalue weighted by molar-refractivity contribution is 6.53. The number of halogens is 1. The van der Waals surface area contributed by atoms with Crippen LogP contribution in [0.25, 0.3) is 17.0 Å². The van der Waals surface area contributed by atoms with Crippen molar-refractivity contribution in [3.8, 4) is 11.6 Å². The topological polar surface area (TPSA) is 82.1 Å². The molecule has 2 aromatic heterocycles. The zero-order valence-electron chi connectivity index (χ0n) is 19.3. The van der Waals surface area contributed by atoms with Crippen LogP contribution < -0.4 is 14.6 Å².